The lowest BCUT2D eigenvalue weighted by Crippen LogP contribution is -2.44. The summed E-state index contributed by atoms with van der Waals surface area (Å²) in [7, 11) is 0. The molecule has 9 heteroatoms. The van der Waals surface area contributed by atoms with Crippen LogP contribution in [-0.4, -0.2) is 50.8 Å². The van der Waals surface area contributed by atoms with E-state index in [9.17, 15) is 19.8 Å². The highest BCUT2D eigenvalue weighted by molar-refractivity contribution is 6.31. The van der Waals surface area contributed by atoms with Gasteiger partial charge in [-0.1, -0.05) is 29.8 Å². The van der Waals surface area contributed by atoms with Crippen molar-refractivity contribution in [3.05, 3.63) is 64.8 Å². The van der Waals surface area contributed by atoms with Gasteiger partial charge in [0, 0.05) is 46.8 Å². The Morgan fingerprint density at radius 1 is 1.18 bits per heavy atom. The third-order valence-corrected chi connectivity index (χ3v) is 6.22. The van der Waals surface area contributed by atoms with Crippen molar-refractivity contribution in [2.45, 2.75) is 38.6 Å². The van der Waals surface area contributed by atoms with Crippen LogP contribution in [-0.2, 0) is 29.2 Å². The number of aryl methyl sites for hydroxylation is 1. The Balaban J connectivity index is 1.72. The molecular weight excluding hydrogens is 456 g/mol. The molecule has 1 aliphatic rings. The number of rotatable bonds is 7. The summed E-state index contributed by atoms with van der Waals surface area (Å²) in [6.07, 6.45) is -0.483. The van der Waals surface area contributed by atoms with E-state index in [4.69, 9.17) is 16.9 Å². The lowest BCUT2D eigenvalue weighted by atomic mass is 10.1. The van der Waals surface area contributed by atoms with Crippen LogP contribution in [0.1, 0.15) is 24.1 Å². The molecule has 3 aromatic rings. The van der Waals surface area contributed by atoms with Crippen molar-refractivity contribution in [3.63, 3.8) is 0 Å². The van der Waals surface area contributed by atoms with Gasteiger partial charge in [-0.15, -0.1) is 0 Å². The number of halogens is 1. The highest BCUT2D eigenvalue weighted by atomic mass is 35.5. The SMILES string of the molecule is N#CCCCn1c(CN2C(=O)CN(C(=O)C(O)CO)Cc3ccccc32)cc2cc(Cl)ccc21. The molecular formula is C25H25ClN4O4. The fourth-order valence-corrected chi connectivity index (χ4v) is 4.52. The van der Waals surface area contributed by atoms with Gasteiger partial charge in [-0.2, -0.15) is 5.26 Å². The normalized spacial score (nSPS) is 14.6. The molecule has 0 radical (unpaired) electrons. The van der Waals surface area contributed by atoms with Crippen LogP contribution in [0.15, 0.2) is 48.5 Å². The monoisotopic (exact) mass is 480 g/mol. The number of anilines is 1. The van der Waals surface area contributed by atoms with E-state index < -0.39 is 18.6 Å². The number of carbonyl (C=O) groups excluding carboxylic acids is 2. The number of aromatic nitrogens is 1. The second-order valence-electron chi connectivity index (χ2n) is 8.25. The number of nitrogens with zero attached hydrogens (tertiary/aromatic N) is 4. The fourth-order valence-electron chi connectivity index (χ4n) is 4.34. The first-order chi connectivity index (χ1) is 16.4. The molecule has 1 unspecified atom stereocenters. The number of hydrogen-bond donors (Lipinski definition) is 2. The second-order valence-corrected chi connectivity index (χ2v) is 8.69. The van der Waals surface area contributed by atoms with Gasteiger partial charge >= 0.3 is 0 Å². The molecule has 1 atom stereocenters. The minimum Gasteiger partial charge on any atom is -0.393 e. The first kappa shape index (κ1) is 23.8. The summed E-state index contributed by atoms with van der Waals surface area (Å²) in [6, 6.07) is 17.1. The van der Waals surface area contributed by atoms with Crippen molar-refractivity contribution in [2.24, 2.45) is 0 Å². The predicted molar refractivity (Wildman–Crippen MR) is 128 cm³/mol. The summed E-state index contributed by atoms with van der Waals surface area (Å²) >= 11 is 6.20. The number of hydrogen-bond acceptors (Lipinski definition) is 5. The second kappa shape index (κ2) is 10.3. The zero-order valence-electron chi connectivity index (χ0n) is 18.5. The van der Waals surface area contributed by atoms with Crippen LogP contribution in [0.5, 0.6) is 0 Å². The summed E-state index contributed by atoms with van der Waals surface area (Å²) in [5, 5.41) is 29.6. The molecule has 0 fully saturated rings. The Labute approximate surface area is 202 Å². The third kappa shape index (κ3) is 4.77. The van der Waals surface area contributed by atoms with Crippen molar-refractivity contribution >= 4 is 40.0 Å². The quantitative estimate of drug-likeness (QED) is 0.505. The molecule has 4 rings (SSSR count). The maximum Gasteiger partial charge on any atom is 0.254 e. The molecule has 0 spiro atoms. The number of fused-ring (bicyclic) bond motifs is 2. The van der Waals surface area contributed by atoms with E-state index in [1.807, 2.05) is 48.5 Å². The molecule has 0 bridgehead atoms. The van der Waals surface area contributed by atoms with Gasteiger partial charge in [-0.25, -0.2) is 0 Å². The van der Waals surface area contributed by atoms with Crippen LogP contribution in [0.4, 0.5) is 5.69 Å². The molecule has 0 saturated heterocycles. The summed E-state index contributed by atoms with van der Waals surface area (Å²) in [4.78, 5) is 28.8. The lowest BCUT2D eigenvalue weighted by molar-refractivity contribution is -0.145. The summed E-state index contributed by atoms with van der Waals surface area (Å²) in [5.74, 6) is -0.983. The van der Waals surface area contributed by atoms with Gasteiger partial charge in [0.25, 0.3) is 5.91 Å². The van der Waals surface area contributed by atoms with E-state index in [-0.39, 0.29) is 25.5 Å². The maximum absolute atomic E-state index is 13.4. The highest BCUT2D eigenvalue weighted by Crippen LogP contribution is 2.30. The Kier molecular flexibility index (Phi) is 7.17. The zero-order valence-corrected chi connectivity index (χ0v) is 19.3. The van der Waals surface area contributed by atoms with Gasteiger partial charge in [-0.05, 0) is 42.3 Å². The molecule has 0 saturated carbocycles. The van der Waals surface area contributed by atoms with Crippen molar-refractivity contribution in [2.75, 3.05) is 18.1 Å². The molecule has 34 heavy (non-hydrogen) atoms. The molecule has 8 nitrogen and oxygen atoms in total. The number of nitriles is 1. The molecule has 1 aliphatic heterocycles. The molecule has 1 aromatic heterocycles. The average Bonchev–Trinajstić information content (AvgIpc) is 3.10. The van der Waals surface area contributed by atoms with E-state index in [1.54, 1.807) is 4.90 Å². The average molecular weight is 481 g/mol. The van der Waals surface area contributed by atoms with Crippen LogP contribution in [0.3, 0.4) is 0 Å². The van der Waals surface area contributed by atoms with Crippen LogP contribution < -0.4 is 4.90 Å². The minimum absolute atomic E-state index is 0.148. The van der Waals surface area contributed by atoms with Crippen LogP contribution in [0, 0.1) is 11.3 Å². The minimum atomic E-state index is -1.57. The smallest absolute Gasteiger partial charge is 0.254 e. The Hall–Kier alpha value is -3.38. The molecule has 2 amide bonds. The Morgan fingerprint density at radius 3 is 2.74 bits per heavy atom. The zero-order chi connectivity index (χ0) is 24.2. The third-order valence-electron chi connectivity index (χ3n) is 5.98. The van der Waals surface area contributed by atoms with E-state index >= 15 is 0 Å². The molecule has 0 aliphatic carbocycles. The number of amides is 2. The number of aliphatic hydroxyl groups excluding tert-OH is 2. The molecule has 176 valence electrons. The summed E-state index contributed by atoms with van der Waals surface area (Å²) in [6.45, 7) is 0.102. The standard InChI is InChI=1S/C25H25ClN4O4/c26-19-7-8-22-18(11-19)12-20(29(22)10-4-3-9-27)14-30-21-6-2-1-5-17(21)13-28(15-24(30)33)25(34)23(32)16-31/h1-2,5-8,11-12,23,31-32H,3-4,10,13-16H2. The number of aliphatic hydroxyl groups is 2. The van der Waals surface area contributed by atoms with Gasteiger partial charge in [0.1, 0.15) is 6.54 Å². The lowest BCUT2D eigenvalue weighted by Gasteiger charge is -2.24. The summed E-state index contributed by atoms with van der Waals surface area (Å²) < 4.78 is 2.10. The molecule has 2 heterocycles. The van der Waals surface area contributed by atoms with Crippen molar-refractivity contribution in [1.82, 2.24) is 9.47 Å². The number of carbonyl (C=O) groups is 2. The van der Waals surface area contributed by atoms with E-state index in [1.165, 1.54) is 4.90 Å². The van der Waals surface area contributed by atoms with Gasteiger partial charge in [0.15, 0.2) is 6.10 Å². The topological polar surface area (TPSA) is 110 Å². The van der Waals surface area contributed by atoms with Crippen LogP contribution >= 0.6 is 11.6 Å². The van der Waals surface area contributed by atoms with Crippen LogP contribution in [0.2, 0.25) is 5.02 Å². The Morgan fingerprint density at radius 2 is 1.97 bits per heavy atom. The largest absolute Gasteiger partial charge is 0.393 e. The fraction of sp³-hybridized carbons (Fsp3) is 0.320. The van der Waals surface area contributed by atoms with E-state index in [0.29, 0.717) is 30.1 Å². The van der Waals surface area contributed by atoms with Gasteiger partial charge < -0.3 is 24.6 Å². The Bertz CT molecular complexity index is 1270. The summed E-state index contributed by atoms with van der Waals surface area (Å²) in [5.41, 5.74) is 3.31. The maximum atomic E-state index is 13.4. The number of benzene rings is 2. The van der Waals surface area contributed by atoms with E-state index in [2.05, 4.69) is 10.6 Å². The van der Waals surface area contributed by atoms with Crippen molar-refractivity contribution < 1.29 is 19.8 Å². The highest BCUT2D eigenvalue weighted by Gasteiger charge is 2.31. The first-order valence-electron chi connectivity index (χ1n) is 11.0. The first-order valence-corrected chi connectivity index (χ1v) is 11.4. The molecule has 2 aromatic carbocycles. The predicted octanol–water partition coefficient (Wildman–Crippen LogP) is 2.83. The van der Waals surface area contributed by atoms with Gasteiger partial charge in [0.05, 0.1) is 19.2 Å². The van der Waals surface area contributed by atoms with Crippen molar-refractivity contribution in [1.29, 1.82) is 5.26 Å². The number of para-hydroxylation sites is 1. The number of unbranched alkanes of at least 4 members (excludes halogenated alkanes) is 1. The van der Waals surface area contributed by atoms with Crippen LogP contribution in [0.25, 0.3) is 10.9 Å². The van der Waals surface area contributed by atoms with Crippen molar-refractivity contribution in [3.8, 4) is 6.07 Å². The van der Waals surface area contributed by atoms with Gasteiger partial charge in [0.2, 0.25) is 5.91 Å². The van der Waals surface area contributed by atoms with Gasteiger partial charge in [-0.3, -0.25) is 9.59 Å². The van der Waals surface area contributed by atoms with E-state index in [0.717, 1.165) is 22.2 Å². The molecule has 2 N–H and O–H groups in total.